The Morgan fingerprint density at radius 3 is 3.06 bits per heavy atom. The molecular formula is C12H22N4. The van der Waals surface area contributed by atoms with Crippen molar-refractivity contribution in [2.45, 2.75) is 31.7 Å². The van der Waals surface area contributed by atoms with Gasteiger partial charge in [-0.05, 0) is 19.4 Å². The number of aromatic nitrogens is 2. The first kappa shape index (κ1) is 11.6. The van der Waals surface area contributed by atoms with Gasteiger partial charge < -0.3 is 10.3 Å². The first-order valence-electron chi connectivity index (χ1n) is 6.21. The molecule has 0 saturated carbocycles. The molecule has 2 N–H and O–H groups in total. The molecule has 4 heteroatoms. The van der Waals surface area contributed by atoms with Crippen molar-refractivity contribution in [3.63, 3.8) is 0 Å². The first-order valence-corrected chi connectivity index (χ1v) is 6.21. The summed E-state index contributed by atoms with van der Waals surface area (Å²) in [5.41, 5.74) is 5.81. The molecule has 2 rings (SSSR count). The summed E-state index contributed by atoms with van der Waals surface area (Å²) in [7, 11) is 2.05. The lowest BCUT2D eigenvalue weighted by molar-refractivity contribution is 0.153. The van der Waals surface area contributed by atoms with E-state index in [1.807, 2.05) is 12.4 Å². The maximum absolute atomic E-state index is 5.81. The van der Waals surface area contributed by atoms with Crippen LogP contribution in [0.2, 0.25) is 0 Å². The molecule has 1 fully saturated rings. The van der Waals surface area contributed by atoms with Gasteiger partial charge in [0.15, 0.2) is 0 Å². The molecule has 1 aliphatic rings. The van der Waals surface area contributed by atoms with E-state index in [-0.39, 0.29) is 0 Å². The van der Waals surface area contributed by atoms with Crippen molar-refractivity contribution in [2.24, 2.45) is 12.8 Å². The van der Waals surface area contributed by atoms with Crippen molar-refractivity contribution in [3.05, 3.63) is 18.2 Å². The van der Waals surface area contributed by atoms with Crippen molar-refractivity contribution in [1.82, 2.24) is 14.5 Å². The number of likely N-dealkylation sites (tertiary alicyclic amines) is 1. The van der Waals surface area contributed by atoms with Gasteiger partial charge in [-0.15, -0.1) is 0 Å². The van der Waals surface area contributed by atoms with Crippen LogP contribution in [0.15, 0.2) is 12.4 Å². The Hall–Kier alpha value is -0.870. The van der Waals surface area contributed by atoms with Crippen LogP contribution in [0, 0.1) is 0 Å². The minimum atomic E-state index is 0.592. The Kier molecular flexibility index (Phi) is 3.96. The number of aryl methyl sites for hydroxylation is 1. The van der Waals surface area contributed by atoms with Crippen molar-refractivity contribution in [3.8, 4) is 0 Å². The quantitative estimate of drug-likeness (QED) is 0.819. The Morgan fingerprint density at radius 1 is 1.50 bits per heavy atom. The molecule has 1 unspecified atom stereocenters. The second-order valence-corrected chi connectivity index (χ2v) is 4.63. The van der Waals surface area contributed by atoms with Gasteiger partial charge in [0.05, 0.1) is 0 Å². The maximum atomic E-state index is 5.81. The third-order valence-corrected chi connectivity index (χ3v) is 3.56. The molecule has 0 bridgehead atoms. The summed E-state index contributed by atoms with van der Waals surface area (Å²) in [6.07, 6.45) is 8.81. The molecule has 1 aromatic heterocycles. The number of hydrogen-bond donors (Lipinski definition) is 1. The van der Waals surface area contributed by atoms with Crippen LogP contribution in [0.4, 0.5) is 0 Å². The van der Waals surface area contributed by atoms with E-state index in [0.717, 1.165) is 19.5 Å². The molecule has 1 aliphatic heterocycles. The molecular weight excluding hydrogens is 200 g/mol. The molecule has 1 saturated heterocycles. The number of piperidine rings is 1. The fourth-order valence-electron chi connectivity index (χ4n) is 2.50. The number of hydrogen-bond acceptors (Lipinski definition) is 3. The molecule has 16 heavy (non-hydrogen) atoms. The normalized spacial score (nSPS) is 22.5. The van der Waals surface area contributed by atoms with E-state index in [9.17, 15) is 0 Å². The predicted octanol–water partition coefficient (Wildman–Crippen LogP) is 0.776. The monoisotopic (exact) mass is 222 g/mol. The zero-order valence-electron chi connectivity index (χ0n) is 10.1. The van der Waals surface area contributed by atoms with Gasteiger partial charge in [-0.3, -0.25) is 4.90 Å². The predicted molar refractivity (Wildman–Crippen MR) is 65.2 cm³/mol. The summed E-state index contributed by atoms with van der Waals surface area (Å²) >= 11 is 0. The Labute approximate surface area is 97.4 Å². The highest BCUT2D eigenvalue weighted by atomic mass is 15.2. The van der Waals surface area contributed by atoms with Crippen LogP contribution in [-0.4, -0.2) is 40.1 Å². The third-order valence-electron chi connectivity index (χ3n) is 3.56. The SMILES string of the molecule is Cn1ccnc1CCN1CCCCC1CN. The second kappa shape index (κ2) is 5.46. The van der Waals surface area contributed by atoms with Gasteiger partial charge in [-0.25, -0.2) is 4.98 Å². The highest BCUT2D eigenvalue weighted by Crippen LogP contribution is 2.16. The fourth-order valence-corrected chi connectivity index (χ4v) is 2.50. The summed E-state index contributed by atoms with van der Waals surface area (Å²) in [6, 6.07) is 0.592. The van der Waals surface area contributed by atoms with E-state index in [4.69, 9.17) is 5.73 Å². The third kappa shape index (κ3) is 2.62. The van der Waals surface area contributed by atoms with E-state index >= 15 is 0 Å². The zero-order chi connectivity index (χ0) is 11.4. The number of rotatable bonds is 4. The van der Waals surface area contributed by atoms with E-state index < -0.39 is 0 Å². The van der Waals surface area contributed by atoms with Gasteiger partial charge in [0.2, 0.25) is 0 Å². The topological polar surface area (TPSA) is 47.1 Å². The van der Waals surface area contributed by atoms with Crippen LogP contribution >= 0.6 is 0 Å². The molecule has 0 radical (unpaired) electrons. The van der Waals surface area contributed by atoms with Gasteiger partial charge in [0.25, 0.3) is 0 Å². The molecule has 1 atom stereocenters. The smallest absolute Gasteiger partial charge is 0.109 e. The Balaban J connectivity index is 1.86. The summed E-state index contributed by atoms with van der Waals surface area (Å²) in [4.78, 5) is 6.88. The zero-order valence-corrected chi connectivity index (χ0v) is 10.1. The van der Waals surface area contributed by atoms with Gasteiger partial charge in [-0.1, -0.05) is 6.42 Å². The summed E-state index contributed by atoms with van der Waals surface area (Å²) in [6.45, 7) is 3.08. The van der Waals surface area contributed by atoms with Crippen molar-refractivity contribution >= 4 is 0 Å². The number of nitrogens with two attached hydrogens (primary N) is 1. The van der Waals surface area contributed by atoms with Gasteiger partial charge in [0.1, 0.15) is 5.82 Å². The molecule has 90 valence electrons. The summed E-state index contributed by atoms with van der Waals surface area (Å²) in [5.74, 6) is 1.17. The molecule has 0 aromatic carbocycles. The van der Waals surface area contributed by atoms with Crippen molar-refractivity contribution < 1.29 is 0 Å². The lowest BCUT2D eigenvalue weighted by atomic mass is 10.0. The minimum absolute atomic E-state index is 0.592. The highest BCUT2D eigenvalue weighted by molar-refractivity contribution is 4.92. The van der Waals surface area contributed by atoms with Crippen LogP contribution in [0.25, 0.3) is 0 Å². The van der Waals surface area contributed by atoms with Crippen LogP contribution < -0.4 is 5.73 Å². The first-order chi connectivity index (χ1) is 7.81. The largest absolute Gasteiger partial charge is 0.338 e. The molecule has 1 aromatic rings. The lowest BCUT2D eigenvalue weighted by Crippen LogP contribution is -2.45. The summed E-state index contributed by atoms with van der Waals surface area (Å²) < 4.78 is 2.10. The van der Waals surface area contributed by atoms with Crippen LogP contribution in [0.3, 0.4) is 0 Å². The Morgan fingerprint density at radius 2 is 2.38 bits per heavy atom. The maximum Gasteiger partial charge on any atom is 0.109 e. The van der Waals surface area contributed by atoms with Gasteiger partial charge in [0, 0.05) is 45.0 Å². The number of nitrogens with zero attached hydrogens (tertiary/aromatic N) is 3. The molecule has 0 amide bonds. The molecule has 2 heterocycles. The van der Waals surface area contributed by atoms with Crippen molar-refractivity contribution in [1.29, 1.82) is 0 Å². The fraction of sp³-hybridized carbons (Fsp3) is 0.750. The average molecular weight is 222 g/mol. The Bertz CT molecular complexity index is 321. The van der Waals surface area contributed by atoms with Gasteiger partial charge >= 0.3 is 0 Å². The molecule has 0 aliphatic carbocycles. The average Bonchev–Trinajstić information content (AvgIpc) is 2.72. The van der Waals surface area contributed by atoms with Crippen LogP contribution in [0.1, 0.15) is 25.1 Å². The second-order valence-electron chi connectivity index (χ2n) is 4.63. The van der Waals surface area contributed by atoms with Crippen LogP contribution in [0.5, 0.6) is 0 Å². The van der Waals surface area contributed by atoms with E-state index in [2.05, 4.69) is 21.5 Å². The van der Waals surface area contributed by atoms with Crippen LogP contribution in [-0.2, 0) is 13.5 Å². The van der Waals surface area contributed by atoms with E-state index in [1.54, 1.807) is 0 Å². The highest BCUT2D eigenvalue weighted by Gasteiger charge is 2.20. The van der Waals surface area contributed by atoms with E-state index in [1.165, 1.54) is 31.6 Å². The minimum Gasteiger partial charge on any atom is -0.338 e. The van der Waals surface area contributed by atoms with Crippen molar-refractivity contribution in [2.75, 3.05) is 19.6 Å². The van der Waals surface area contributed by atoms with Gasteiger partial charge in [-0.2, -0.15) is 0 Å². The summed E-state index contributed by atoms with van der Waals surface area (Å²) in [5, 5.41) is 0. The van der Waals surface area contributed by atoms with E-state index in [0.29, 0.717) is 6.04 Å². The standard InChI is InChI=1S/C12H22N4/c1-15-9-6-14-12(15)5-8-16-7-3-2-4-11(16)10-13/h6,9,11H,2-5,7-8,10,13H2,1H3. The number of imidazole rings is 1. The molecule has 4 nitrogen and oxygen atoms in total. The molecule has 0 spiro atoms. The lowest BCUT2D eigenvalue weighted by Gasteiger charge is -2.34.